The number of carbonyl (C=O) groups excluding carboxylic acids is 1. The number of nitrogens with zero attached hydrogens (tertiary/aromatic N) is 2. The lowest BCUT2D eigenvalue weighted by molar-refractivity contribution is -0.114. The molecule has 0 fully saturated rings. The van der Waals surface area contributed by atoms with Gasteiger partial charge in [-0.15, -0.1) is 0 Å². The standard InChI is InChI=1S/C24H20N2O4/c1-14-7-8-19(11-15(14)2)26-23(27)21(16(3)25-26)13-20-9-10-22(30-20)17-5-4-6-18(12-17)24(28)29/h4-13H,1-3H3,(H,28,29)/b21-13-. The summed E-state index contributed by atoms with van der Waals surface area (Å²) < 4.78 is 5.84. The van der Waals surface area contributed by atoms with Gasteiger partial charge in [0.1, 0.15) is 11.5 Å². The van der Waals surface area contributed by atoms with Crippen LogP contribution in [0.4, 0.5) is 5.69 Å². The number of carboxylic acid groups (broad SMARTS) is 1. The second-order valence-corrected chi connectivity index (χ2v) is 7.22. The number of aryl methyl sites for hydroxylation is 2. The number of aromatic carboxylic acids is 1. The molecule has 0 saturated carbocycles. The summed E-state index contributed by atoms with van der Waals surface area (Å²) in [4.78, 5) is 24.1. The monoisotopic (exact) mass is 400 g/mol. The van der Waals surface area contributed by atoms with Crippen molar-refractivity contribution in [3.63, 3.8) is 0 Å². The first-order chi connectivity index (χ1) is 14.3. The smallest absolute Gasteiger partial charge is 0.335 e. The van der Waals surface area contributed by atoms with Crippen LogP contribution in [0.3, 0.4) is 0 Å². The van der Waals surface area contributed by atoms with E-state index >= 15 is 0 Å². The van der Waals surface area contributed by atoms with Gasteiger partial charge in [-0.3, -0.25) is 4.79 Å². The highest BCUT2D eigenvalue weighted by molar-refractivity contribution is 6.32. The van der Waals surface area contributed by atoms with Gasteiger partial charge in [0.2, 0.25) is 0 Å². The summed E-state index contributed by atoms with van der Waals surface area (Å²) in [6, 6.07) is 15.8. The fourth-order valence-corrected chi connectivity index (χ4v) is 3.25. The van der Waals surface area contributed by atoms with E-state index < -0.39 is 5.97 Å². The molecule has 2 aromatic carbocycles. The number of benzene rings is 2. The Labute approximate surface area is 173 Å². The van der Waals surface area contributed by atoms with Crippen LogP contribution in [0.15, 0.2) is 69.7 Å². The van der Waals surface area contributed by atoms with Gasteiger partial charge in [-0.2, -0.15) is 10.1 Å². The Bertz CT molecular complexity index is 1230. The maximum absolute atomic E-state index is 12.9. The molecule has 0 spiro atoms. The Kier molecular flexibility index (Phi) is 4.83. The molecule has 6 heteroatoms. The highest BCUT2D eigenvalue weighted by Gasteiger charge is 2.29. The fraction of sp³-hybridized carbons (Fsp3) is 0.125. The number of hydrazone groups is 1. The first-order valence-electron chi connectivity index (χ1n) is 9.46. The molecule has 1 aromatic heterocycles. The molecule has 2 heterocycles. The van der Waals surface area contributed by atoms with Gasteiger partial charge in [0.05, 0.1) is 22.5 Å². The molecule has 6 nitrogen and oxygen atoms in total. The van der Waals surface area contributed by atoms with Gasteiger partial charge in [0.15, 0.2) is 0 Å². The van der Waals surface area contributed by atoms with Crippen LogP contribution in [0, 0.1) is 13.8 Å². The van der Waals surface area contributed by atoms with Crippen LogP contribution >= 0.6 is 0 Å². The van der Waals surface area contributed by atoms with E-state index in [1.807, 2.05) is 32.0 Å². The third-order valence-corrected chi connectivity index (χ3v) is 5.11. The molecule has 0 unspecified atom stereocenters. The second kappa shape index (κ2) is 7.48. The normalized spacial score (nSPS) is 15.0. The second-order valence-electron chi connectivity index (χ2n) is 7.22. The minimum atomic E-state index is -0.999. The molecule has 1 aliphatic rings. The number of hydrogen-bond acceptors (Lipinski definition) is 4. The van der Waals surface area contributed by atoms with Crippen LogP contribution < -0.4 is 5.01 Å². The number of carboxylic acids is 1. The van der Waals surface area contributed by atoms with Crippen molar-refractivity contribution in [1.29, 1.82) is 0 Å². The van der Waals surface area contributed by atoms with Crippen molar-refractivity contribution in [2.45, 2.75) is 20.8 Å². The van der Waals surface area contributed by atoms with Crippen molar-refractivity contribution in [3.05, 3.63) is 82.6 Å². The van der Waals surface area contributed by atoms with Gasteiger partial charge in [0.25, 0.3) is 5.91 Å². The maximum Gasteiger partial charge on any atom is 0.335 e. The van der Waals surface area contributed by atoms with Gasteiger partial charge in [0, 0.05) is 5.56 Å². The lowest BCUT2D eigenvalue weighted by Gasteiger charge is -2.13. The predicted molar refractivity (Wildman–Crippen MR) is 116 cm³/mol. The van der Waals surface area contributed by atoms with E-state index in [0.717, 1.165) is 16.8 Å². The first-order valence-corrected chi connectivity index (χ1v) is 9.46. The van der Waals surface area contributed by atoms with E-state index in [-0.39, 0.29) is 11.5 Å². The van der Waals surface area contributed by atoms with Crippen molar-refractivity contribution in [2.75, 3.05) is 5.01 Å². The molecule has 150 valence electrons. The zero-order valence-corrected chi connectivity index (χ0v) is 16.8. The van der Waals surface area contributed by atoms with E-state index in [0.29, 0.717) is 28.4 Å². The molecule has 1 aliphatic heterocycles. The van der Waals surface area contributed by atoms with Crippen molar-refractivity contribution in [2.24, 2.45) is 5.10 Å². The van der Waals surface area contributed by atoms with Gasteiger partial charge < -0.3 is 9.52 Å². The summed E-state index contributed by atoms with van der Waals surface area (Å²) in [5.74, 6) is -0.205. The summed E-state index contributed by atoms with van der Waals surface area (Å²) in [6.45, 7) is 5.80. The molecule has 0 aliphatic carbocycles. The van der Waals surface area contributed by atoms with E-state index in [1.54, 1.807) is 43.3 Å². The lowest BCUT2D eigenvalue weighted by Crippen LogP contribution is -2.21. The maximum atomic E-state index is 12.9. The Balaban J connectivity index is 1.62. The first kappa shape index (κ1) is 19.4. The molecular formula is C24H20N2O4. The van der Waals surface area contributed by atoms with Gasteiger partial charge in [-0.1, -0.05) is 18.2 Å². The molecule has 1 amide bonds. The summed E-state index contributed by atoms with van der Waals surface area (Å²) in [5, 5.41) is 15.0. The Hall–Kier alpha value is -3.93. The van der Waals surface area contributed by atoms with Gasteiger partial charge in [-0.25, -0.2) is 4.79 Å². The number of amides is 1. The minimum Gasteiger partial charge on any atom is -0.478 e. The molecule has 3 aromatic rings. The van der Waals surface area contributed by atoms with Gasteiger partial charge >= 0.3 is 5.97 Å². The van der Waals surface area contributed by atoms with E-state index in [4.69, 9.17) is 9.52 Å². The molecule has 0 bridgehead atoms. The lowest BCUT2D eigenvalue weighted by atomic mass is 10.1. The molecule has 4 rings (SSSR count). The van der Waals surface area contributed by atoms with Crippen LogP contribution in [-0.4, -0.2) is 22.7 Å². The average molecular weight is 400 g/mol. The summed E-state index contributed by atoms with van der Waals surface area (Å²) in [7, 11) is 0. The number of rotatable bonds is 4. The van der Waals surface area contributed by atoms with Gasteiger partial charge in [-0.05, 0) is 74.4 Å². The van der Waals surface area contributed by atoms with Crippen LogP contribution in [0.1, 0.15) is 34.2 Å². The zero-order chi connectivity index (χ0) is 21.4. The number of carbonyl (C=O) groups is 2. The third kappa shape index (κ3) is 3.55. The van der Waals surface area contributed by atoms with E-state index in [2.05, 4.69) is 5.10 Å². The van der Waals surface area contributed by atoms with Crippen LogP contribution in [0.2, 0.25) is 0 Å². The SMILES string of the molecule is CC1=NN(c2ccc(C)c(C)c2)C(=O)/C1=C\c1ccc(-c2cccc(C(=O)O)c2)o1. The molecule has 1 N–H and O–H groups in total. The number of anilines is 1. The summed E-state index contributed by atoms with van der Waals surface area (Å²) in [6.07, 6.45) is 1.66. The molecule has 30 heavy (non-hydrogen) atoms. The van der Waals surface area contributed by atoms with Crippen molar-refractivity contribution >= 4 is 29.4 Å². The molecular weight excluding hydrogens is 380 g/mol. The topological polar surface area (TPSA) is 83.1 Å². The van der Waals surface area contributed by atoms with E-state index in [1.165, 1.54) is 11.1 Å². The Morgan fingerprint density at radius 3 is 2.57 bits per heavy atom. The van der Waals surface area contributed by atoms with Crippen molar-refractivity contribution in [1.82, 2.24) is 0 Å². The number of hydrogen-bond donors (Lipinski definition) is 1. The Morgan fingerprint density at radius 1 is 1.03 bits per heavy atom. The van der Waals surface area contributed by atoms with Crippen LogP contribution in [0.25, 0.3) is 17.4 Å². The van der Waals surface area contributed by atoms with Crippen LogP contribution in [0.5, 0.6) is 0 Å². The van der Waals surface area contributed by atoms with E-state index in [9.17, 15) is 9.59 Å². The number of furan rings is 1. The quantitative estimate of drug-likeness (QED) is 0.620. The predicted octanol–water partition coefficient (Wildman–Crippen LogP) is 5.07. The largest absolute Gasteiger partial charge is 0.478 e. The minimum absolute atomic E-state index is 0.182. The molecule has 0 saturated heterocycles. The fourth-order valence-electron chi connectivity index (χ4n) is 3.25. The summed E-state index contributed by atoms with van der Waals surface area (Å²) in [5.41, 5.74) is 4.84. The highest BCUT2D eigenvalue weighted by Crippen LogP contribution is 2.28. The van der Waals surface area contributed by atoms with Crippen LogP contribution in [-0.2, 0) is 4.79 Å². The third-order valence-electron chi connectivity index (χ3n) is 5.11. The van der Waals surface area contributed by atoms with Crippen molar-refractivity contribution in [3.8, 4) is 11.3 Å². The molecule has 0 atom stereocenters. The molecule has 0 radical (unpaired) electrons. The Morgan fingerprint density at radius 2 is 1.83 bits per heavy atom. The zero-order valence-electron chi connectivity index (χ0n) is 16.8. The summed E-state index contributed by atoms with van der Waals surface area (Å²) >= 11 is 0. The van der Waals surface area contributed by atoms with Crippen molar-refractivity contribution < 1.29 is 19.1 Å². The average Bonchev–Trinajstić information content (AvgIpc) is 3.30. The highest BCUT2D eigenvalue weighted by atomic mass is 16.4.